The first-order chi connectivity index (χ1) is 17.0. The van der Waals surface area contributed by atoms with Gasteiger partial charge < -0.3 is 23.8 Å². The Morgan fingerprint density at radius 2 is 1.97 bits per heavy atom. The number of hydrogen-bond acceptors (Lipinski definition) is 7. The summed E-state index contributed by atoms with van der Waals surface area (Å²) in [4.78, 5) is 11.3. The standard InChI is InChI=1S/C27H28FN3O4/c1-17-8-19-20(9-17)30-12-25(26(19)28)35-22-4-5-29-21-11-24(23(32-2)10-18(21)22)34-7-3-6-31-13-27(14-31)15-33-16-27/h4-5,8,10-12H,3,6-7,9,13-16H2,1-2H3. The number of nitrogens with zero attached hydrogens (tertiary/aromatic N) is 3. The number of halogens is 1. The lowest BCUT2D eigenvalue weighted by molar-refractivity contribution is -0.189. The summed E-state index contributed by atoms with van der Waals surface area (Å²) in [5, 5.41) is 0.705. The predicted molar refractivity (Wildman–Crippen MR) is 130 cm³/mol. The second-order valence-corrected chi connectivity index (χ2v) is 9.80. The largest absolute Gasteiger partial charge is 0.493 e. The van der Waals surface area contributed by atoms with Crippen molar-refractivity contribution >= 4 is 17.0 Å². The molecule has 0 unspecified atom stereocenters. The summed E-state index contributed by atoms with van der Waals surface area (Å²) < 4.78 is 38.0. The van der Waals surface area contributed by atoms with Crippen molar-refractivity contribution < 1.29 is 23.3 Å². The van der Waals surface area contributed by atoms with E-state index >= 15 is 4.39 Å². The first kappa shape index (κ1) is 22.2. The first-order valence-corrected chi connectivity index (χ1v) is 12.0. The minimum atomic E-state index is -0.401. The Bertz CT molecular complexity index is 1310. The molecule has 6 rings (SSSR count). The summed E-state index contributed by atoms with van der Waals surface area (Å²) in [6.45, 7) is 7.60. The maximum Gasteiger partial charge on any atom is 0.181 e. The molecule has 4 heterocycles. The van der Waals surface area contributed by atoms with Gasteiger partial charge in [0.25, 0.3) is 0 Å². The van der Waals surface area contributed by atoms with Gasteiger partial charge in [-0.2, -0.15) is 0 Å². The number of hydrogen-bond donors (Lipinski definition) is 0. The highest BCUT2D eigenvalue weighted by atomic mass is 19.1. The second-order valence-electron chi connectivity index (χ2n) is 9.80. The molecule has 2 saturated heterocycles. The first-order valence-electron chi connectivity index (χ1n) is 12.0. The second kappa shape index (κ2) is 8.77. The number of likely N-dealkylation sites (tertiary alicyclic amines) is 1. The topological polar surface area (TPSA) is 65.9 Å². The van der Waals surface area contributed by atoms with E-state index in [0.29, 0.717) is 52.2 Å². The maximum absolute atomic E-state index is 15.1. The number of pyridine rings is 2. The third kappa shape index (κ3) is 4.10. The fourth-order valence-corrected chi connectivity index (χ4v) is 5.15. The molecule has 1 spiro atoms. The van der Waals surface area contributed by atoms with Crippen LogP contribution in [0, 0.1) is 11.2 Å². The molecule has 1 aromatic carbocycles. The van der Waals surface area contributed by atoms with Crippen LogP contribution >= 0.6 is 0 Å². The van der Waals surface area contributed by atoms with Crippen LogP contribution < -0.4 is 14.2 Å². The van der Waals surface area contributed by atoms with Crippen LogP contribution in [0.4, 0.5) is 4.39 Å². The SMILES string of the molecule is COc1cc2c(Oc3cnc4c(c3F)C=C(C)C4)ccnc2cc1OCCCN1CC2(COC2)C1. The van der Waals surface area contributed by atoms with Gasteiger partial charge in [0.1, 0.15) is 5.75 Å². The van der Waals surface area contributed by atoms with Crippen molar-refractivity contribution in [3.63, 3.8) is 0 Å². The van der Waals surface area contributed by atoms with Crippen molar-refractivity contribution in [1.82, 2.24) is 14.9 Å². The monoisotopic (exact) mass is 477 g/mol. The molecule has 3 aromatic rings. The summed E-state index contributed by atoms with van der Waals surface area (Å²) >= 11 is 0. The van der Waals surface area contributed by atoms with E-state index in [9.17, 15) is 0 Å². The fourth-order valence-electron chi connectivity index (χ4n) is 5.15. The van der Waals surface area contributed by atoms with Gasteiger partial charge >= 0.3 is 0 Å². The number of aromatic nitrogens is 2. The van der Waals surface area contributed by atoms with Crippen molar-refractivity contribution in [3.05, 3.63) is 53.2 Å². The molecule has 8 heteroatoms. The summed E-state index contributed by atoms with van der Waals surface area (Å²) in [6, 6.07) is 5.38. The van der Waals surface area contributed by atoms with E-state index in [1.165, 1.54) is 6.20 Å². The summed E-state index contributed by atoms with van der Waals surface area (Å²) in [6.07, 6.45) is 6.50. The number of fused-ring (bicyclic) bond motifs is 2. The lowest BCUT2D eigenvalue weighted by Gasteiger charge is -2.55. The Kier molecular flexibility index (Phi) is 5.57. The van der Waals surface area contributed by atoms with Crippen LogP contribution in [-0.2, 0) is 11.2 Å². The minimum absolute atomic E-state index is 0.0859. The average molecular weight is 478 g/mol. The number of ether oxygens (including phenoxy) is 4. The van der Waals surface area contributed by atoms with Crippen molar-refractivity contribution in [2.75, 3.05) is 46.6 Å². The van der Waals surface area contributed by atoms with Crippen molar-refractivity contribution in [3.8, 4) is 23.0 Å². The molecule has 0 bridgehead atoms. The molecule has 2 fully saturated rings. The average Bonchev–Trinajstić information content (AvgIpc) is 3.19. The minimum Gasteiger partial charge on any atom is -0.493 e. The van der Waals surface area contributed by atoms with E-state index in [4.69, 9.17) is 18.9 Å². The number of allylic oxidation sites excluding steroid dienone is 1. The van der Waals surface area contributed by atoms with Crippen LogP contribution in [0.1, 0.15) is 24.6 Å². The highest BCUT2D eigenvalue weighted by Crippen LogP contribution is 2.39. The quantitative estimate of drug-likeness (QED) is 0.438. The van der Waals surface area contributed by atoms with E-state index < -0.39 is 5.82 Å². The molecule has 2 aliphatic heterocycles. The highest BCUT2D eigenvalue weighted by molar-refractivity contribution is 5.88. The lowest BCUT2D eigenvalue weighted by atomic mass is 9.78. The van der Waals surface area contributed by atoms with Crippen LogP contribution in [0.15, 0.2) is 36.2 Å². The molecule has 182 valence electrons. The molecular weight excluding hydrogens is 449 g/mol. The Hall–Kier alpha value is -3.23. The van der Waals surface area contributed by atoms with Crippen LogP contribution in [0.5, 0.6) is 23.0 Å². The van der Waals surface area contributed by atoms with Gasteiger partial charge in [-0.3, -0.25) is 9.97 Å². The molecule has 1 aliphatic carbocycles. The van der Waals surface area contributed by atoms with Gasteiger partial charge in [-0.25, -0.2) is 4.39 Å². The molecule has 0 saturated carbocycles. The Balaban J connectivity index is 1.16. The third-order valence-corrected chi connectivity index (χ3v) is 6.96. The van der Waals surface area contributed by atoms with E-state index in [1.54, 1.807) is 19.4 Å². The van der Waals surface area contributed by atoms with Crippen LogP contribution in [-0.4, -0.2) is 61.4 Å². The molecule has 0 N–H and O–H groups in total. The molecule has 35 heavy (non-hydrogen) atoms. The van der Waals surface area contributed by atoms with Gasteiger partial charge in [-0.05, 0) is 25.5 Å². The van der Waals surface area contributed by atoms with Gasteiger partial charge in [0, 0.05) is 54.7 Å². The van der Waals surface area contributed by atoms with Crippen LogP contribution in [0.3, 0.4) is 0 Å². The van der Waals surface area contributed by atoms with Crippen molar-refractivity contribution in [2.45, 2.75) is 19.8 Å². The summed E-state index contributed by atoms with van der Waals surface area (Å²) in [5.41, 5.74) is 3.43. The number of benzene rings is 1. The van der Waals surface area contributed by atoms with E-state index in [-0.39, 0.29) is 5.75 Å². The third-order valence-electron chi connectivity index (χ3n) is 6.96. The van der Waals surface area contributed by atoms with Crippen LogP contribution in [0.25, 0.3) is 17.0 Å². The van der Waals surface area contributed by atoms with E-state index in [0.717, 1.165) is 50.5 Å². The molecule has 0 amide bonds. The Morgan fingerprint density at radius 1 is 1.11 bits per heavy atom. The smallest absolute Gasteiger partial charge is 0.181 e. The normalized spacial score (nSPS) is 18.1. The van der Waals surface area contributed by atoms with E-state index in [2.05, 4.69) is 14.9 Å². The Labute approximate surface area is 203 Å². The lowest BCUT2D eigenvalue weighted by Crippen LogP contribution is -2.65. The van der Waals surface area contributed by atoms with Gasteiger partial charge in [-0.1, -0.05) is 11.6 Å². The summed E-state index contributed by atoms with van der Waals surface area (Å²) in [7, 11) is 1.60. The molecule has 2 aromatic heterocycles. The maximum atomic E-state index is 15.1. The number of rotatable bonds is 8. The van der Waals surface area contributed by atoms with Gasteiger partial charge in [0.15, 0.2) is 23.1 Å². The summed E-state index contributed by atoms with van der Waals surface area (Å²) in [5.74, 6) is 1.37. The number of methoxy groups -OCH3 is 1. The van der Waals surface area contributed by atoms with Crippen molar-refractivity contribution in [1.29, 1.82) is 0 Å². The van der Waals surface area contributed by atoms with Gasteiger partial charge in [-0.15, -0.1) is 0 Å². The van der Waals surface area contributed by atoms with E-state index in [1.807, 2.05) is 25.1 Å². The van der Waals surface area contributed by atoms with Gasteiger partial charge in [0.2, 0.25) is 0 Å². The van der Waals surface area contributed by atoms with Crippen LogP contribution in [0.2, 0.25) is 0 Å². The molecular formula is C27H28FN3O4. The molecule has 7 nitrogen and oxygen atoms in total. The highest BCUT2D eigenvalue weighted by Gasteiger charge is 2.48. The zero-order valence-corrected chi connectivity index (χ0v) is 20.0. The molecule has 3 aliphatic rings. The fraction of sp³-hybridized carbons (Fsp3) is 0.407. The molecule has 0 atom stereocenters. The zero-order valence-electron chi connectivity index (χ0n) is 20.0. The Morgan fingerprint density at radius 3 is 2.74 bits per heavy atom. The predicted octanol–water partition coefficient (Wildman–Crippen LogP) is 4.63. The zero-order chi connectivity index (χ0) is 24.0. The van der Waals surface area contributed by atoms with Gasteiger partial charge in [0.05, 0.1) is 44.3 Å². The van der Waals surface area contributed by atoms with Crippen molar-refractivity contribution in [2.24, 2.45) is 5.41 Å². The molecule has 0 radical (unpaired) electrons.